The second-order valence-electron chi connectivity index (χ2n) is 4.51. The summed E-state index contributed by atoms with van der Waals surface area (Å²) in [5.41, 5.74) is 0. The Balaban J connectivity index is 1.82. The first kappa shape index (κ1) is 13.1. The molecule has 2 saturated heterocycles. The van der Waals surface area contributed by atoms with Crippen LogP contribution in [0, 0.1) is 0 Å². The summed E-state index contributed by atoms with van der Waals surface area (Å²) in [7, 11) is 0. The standard InChI is InChI=1S/C11H18N2O5/c14-10(15)9-6-13(3-5-18-9)11(16)12-8-2-1-4-17-7-8/h8-9H,1-7H2,(H,12,16)(H,14,15). The van der Waals surface area contributed by atoms with Crippen molar-refractivity contribution in [3.05, 3.63) is 0 Å². The van der Waals surface area contributed by atoms with Crippen LogP contribution in [0.25, 0.3) is 0 Å². The van der Waals surface area contributed by atoms with Gasteiger partial charge in [0.2, 0.25) is 0 Å². The topological polar surface area (TPSA) is 88.1 Å². The number of aliphatic carboxylic acids is 1. The van der Waals surface area contributed by atoms with Gasteiger partial charge in [0.25, 0.3) is 0 Å². The average Bonchev–Trinajstić information content (AvgIpc) is 2.40. The van der Waals surface area contributed by atoms with Crippen molar-refractivity contribution in [2.24, 2.45) is 0 Å². The summed E-state index contributed by atoms with van der Waals surface area (Å²) in [6.45, 7) is 2.03. The van der Waals surface area contributed by atoms with Gasteiger partial charge in [0.05, 0.1) is 25.8 Å². The van der Waals surface area contributed by atoms with E-state index in [1.165, 1.54) is 4.90 Å². The Morgan fingerprint density at radius 2 is 2.17 bits per heavy atom. The highest BCUT2D eigenvalue weighted by molar-refractivity contribution is 5.77. The Morgan fingerprint density at radius 3 is 2.83 bits per heavy atom. The van der Waals surface area contributed by atoms with Crippen molar-refractivity contribution < 1.29 is 24.2 Å². The smallest absolute Gasteiger partial charge is 0.334 e. The molecule has 0 saturated carbocycles. The Bertz CT molecular complexity index is 317. The number of nitrogens with zero attached hydrogens (tertiary/aromatic N) is 1. The molecule has 2 unspecified atom stereocenters. The van der Waals surface area contributed by atoms with Crippen LogP contribution in [-0.4, -0.2) is 67.1 Å². The minimum Gasteiger partial charge on any atom is -0.479 e. The molecular weight excluding hydrogens is 240 g/mol. The number of carbonyl (C=O) groups excluding carboxylic acids is 1. The lowest BCUT2D eigenvalue weighted by molar-refractivity contribution is -0.154. The fourth-order valence-corrected chi connectivity index (χ4v) is 2.10. The molecule has 2 rings (SSSR count). The van der Waals surface area contributed by atoms with Crippen molar-refractivity contribution in [3.63, 3.8) is 0 Å². The lowest BCUT2D eigenvalue weighted by Gasteiger charge is -2.33. The third-order valence-electron chi connectivity index (χ3n) is 3.12. The molecule has 2 atom stereocenters. The number of carboxylic acid groups (broad SMARTS) is 1. The van der Waals surface area contributed by atoms with Gasteiger partial charge in [-0.3, -0.25) is 0 Å². The van der Waals surface area contributed by atoms with Crippen LogP contribution in [0.15, 0.2) is 0 Å². The summed E-state index contributed by atoms with van der Waals surface area (Å²) in [6.07, 6.45) is 0.914. The van der Waals surface area contributed by atoms with Gasteiger partial charge in [0.1, 0.15) is 0 Å². The number of ether oxygens (including phenoxy) is 2. The largest absolute Gasteiger partial charge is 0.479 e. The van der Waals surface area contributed by atoms with Gasteiger partial charge in [-0.25, -0.2) is 9.59 Å². The Hall–Kier alpha value is -1.34. The normalized spacial score (nSPS) is 28.8. The van der Waals surface area contributed by atoms with Crippen LogP contribution in [0.4, 0.5) is 4.79 Å². The molecule has 2 aliphatic heterocycles. The molecule has 2 aliphatic rings. The van der Waals surface area contributed by atoms with Crippen molar-refractivity contribution in [1.82, 2.24) is 10.2 Å². The fourth-order valence-electron chi connectivity index (χ4n) is 2.10. The van der Waals surface area contributed by atoms with Crippen LogP contribution in [-0.2, 0) is 14.3 Å². The summed E-state index contributed by atoms with van der Waals surface area (Å²) in [5.74, 6) is -1.03. The SMILES string of the molecule is O=C(O)C1CN(C(=O)NC2CCCOC2)CCO1. The lowest BCUT2D eigenvalue weighted by Crippen LogP contribution is -2.54. The highest BCUT2D eigenvalue weighted by Gasteiger charge is 2.30. The predicted octanol–water partition coefficient (Wildman–Crippen LogP) is -0.340. The number of rotatable bonds is 2. The van der Waals surface area contributed by atoms with Crippen molar-refractivity contribution in [3.8, 4) is 0 Å². The molecule has 7 heteroatoms. The van der Waals surface area contributed by atoms with Gasteiger partial charge in [-0.2, -0.15) is 0 Å². The third-order valence-corrected chi connectivity index (χ3v) is 3.12. The molecule has 0 radical (unpaired) electrons. The van der Waals surface area contributed by atoms with E-state index in [4.69, 9.17) is 14.6 Å². The first-order valence-corrected chi connectivity index (χ1v) is 6.14. The second kappa shape index (κ2) is 6.01. The Labute approximate surface area is 105 Å². The number of hydrogen-bond acceptors (Lipinski definition) is 4. The maximum Gasteiger partial charge on any atom is 0.334 e. The van der Waals surface area contributed by atoms with Gasteiger partial charge in [0.15, 0.2) is 6.10 Å². The van der Waals surface area contributed by atoms with Crippen LogP contribution in [0.3, 0.4) is 0 Å². The molecule has 7 nitrogen and oxygen atoms in total. The molecule has 0 aromatic carbocycles. The molecular formula is C11H18N2O5. The van der Waals surface area contributed by atoms with E-state index in [9.17, 15) is 9.59 Å². The predicted molar refractivity (Wildman–Crippen MR) is 61.3 cm³/mol. The van der Waals surface area contributed by atoms with Crippen molar-refractivity contribution in [1.29, 1.82) is 0 Å². The van der Waals surface area contributed by atoms with Crippen LogP contribution < -0.4 is 5.32 Å². The lowest BCUT2D eigenvalue weighted by atomic mass is 10.1. The van der Waals surface area contributed by atoms with E-state index in [0.717, 1.165) is 19.4 Å². The van der Waals surface area contributed by atoms with Crippen LogP contribution >= 0.6 is 0 Å². The van der Waals surface area contributed by atoms with Gasteiger partial charge >= 0.3 is 12.0 Å². The molecule has 18 heavy (non-hydrogen) atoms. The van der Waals surface area contributed by atoms with Crippen molar-refractivity contribution in [2.45, 2.75) is 25.0 Å². The van der Waals surface area contributed by atoms with E-state index < -0.39 is 12.1 Å². The molecule has 0 spiro atoms. The first-order chi connectivity index (χ1) is 8.66. The monoisotopic (exact) mass is 258 g/mol. The van der Waals surface area contributed by atoms with E-state index >= 15 is 0 Å². The third kappa shape index (κ3) is 3.33. The maximum absolute atomic E-state index is 11.9. The average molecular weight is 258 g/mol. The molecule has 2 fully saturated rings. The zero-order valence-corrected chi connectivity index (χ0v) is 10.1. The van der Waals surface area contributed by atoms with E-state index in [2.05, 4.69) is 5.32 Å². The summed E-state index contributed by atoms with van der Waals surface area (Å²) >= 11 is 0. The van der Waals surface area contributed by atoms with E-state index in [1.54, 1.807) is 0 Å². The van der Waals surface area contributed by atoms with Gasteiger partial charge in [-0.05, 0) is 12.8 Å². The number of carbonyl (C=O) groups is 2. The van der Waals surface area contributed by atoms with E-state index in [-0.39, 0.29) is 25.2 Å². The fraction of sp³-hybridized carbons (Fsp3) is 0.818. The van der Waals surface area contributed by atoms with Crippen molar-refractivity contribution >= 4 is 12.0 Å². The molecule has 0 aliphatic carbocycles. The summed E-state index contributed by atoms with van der Waals surface area (Å²) in [5, 5.41) is 11.7. The number of urea groups is 1. The highest BCUT2D eigenvalue weighted by Crippen LogP contribution is 2.09. The van der Waals surface area contributed by atoms with Crippen molar-refractivity contribution in [2.75, 3.05) is 32.9 Å². The van der Waals surface area contributed by atoms with Gasteiger partial charge < -0.3 is 24.8 Å². The van der Waals surface area contributed by atoms with Gasteiger partial charge in [0, 0.05) is 13.2 Å². The molecule has 2 amide bonds. The molecule has 2 N–H and O–H groups in total. The first-order valence-electron chi connectivity index (χ1n) is 6.14. The summed E-state index contributed by atoms with van der Waals surface area (Å²) in [6, 6.07) is -0.211. The van der Waals surface area contributed by atoms with Gasteiger partial charge in [-0.1, -0.05) is 0 Å². The maximum atomic E-state index is 11.9. The quantitative estimate of drug-likeness (QED) is 0.707. The zero-order chi connectivity index (χ0) is 13.0. The number of hydrogen-bond donors (Lipinski definition) is 2. The number of nitrogens with one attached hydrogen (secondary N) is 1. The number of morpholine rings is 1. The minimum atomic E-state index is -1.03. The van der Waals surface area contributed by atoms with Crippen LogP contribution in [0.1, 0.15) is 12.8 Å². The van der Waals surface area contributed by atoms with Crippen LogP contribution in [0.5, 0.6) is 0 Å². The molecule has 0 aromatic rings. The van der Waals surface area contributed by atoms with E-state index in [1.807, 2.05) is 0 Å². The van der Waals surface area contributed by atoms with Gasteiger partial charge in [-0.15, -0.1) is 0 Å². The molecule has 0 bridgehead atoms. The summed E-state index contributed by atoms with van der Waals surface area (Å²) < 4.78 is 10.3. The highest BCUT2D eigenvalue weighted by atomic mass is 16.5. The van der Waals surface area contributed by atoms with Crippen LogP contribution in [0.2, 0.25) is 0 Å². The molecule has 2 heterocycles. The van der Waals surface area contributed by atoms with E-state index in [0.29, 0.717) is 13.2 Å². The molecule has 0 aromatic heterocycles. The Morgan fingerprint density at radius 1 is 1.33 bits per heavy atom. The zero-order valence-electron chi connectivity index (χ0n) is 10.1. The second-order valence-corrected chi connectivity index (χ2v) is 4.51. The molecule has 102 valence electrons. The number of carboxylic acids is 1. The Kier molecular flexibility index (Phi) is 4.38. The minimum absolute atomic E-state index is 0.0253. The summed E-state index contributed by atoms with van der Waals surface area (Å²) in [4.78, 5) is 24.2. The number of amides is 2.